The van der Waals surface area contributed by atoms with Crippen LogP contribution in [0.15, 0.2) is 48.6 Å². The molecule has 8 heteroatoms. The molecule has 4 aliphatic rings. The molecule has 1 saturated carbocycles. The van der Waals surface area contributed by atoms with Crippen LogP contribution in [0.2, 0.25) is 0 Å². The van der Waals surface area contributed by atoms with E-state index in [-0.39, 0.29) is 41.4 Å². The maximum atomic E-state index is 11.5. The average molecular weight is 515 g/mol. The summed E-state index contributed by atoms with van der Waals surface area (Å²) in [6.07, 6.45) is 6.74. The SMILES string of the molecule is C=C(C)C(=O)OC1(C(C)C)CCCC1.C=C(C)C(=O)Oc1ccc(O)cc1.O=C1OC2CC3CC1C2O3. The van der Waals surface area contributed by atoms with Gasteiger partial charge in [-0.25, -0.2) is 9.59 Å². The van der Waals surface area contributed by atoms with E-state index in [1.807, 2.05) is 0 Å². The monoisotopic (exact) mass is 514 g/mol. The molecule has 202 valence electrons. The molecule has 1 N–H and O–H groups in total. The molecule has 37 heavy (non-hydrogen) atoms. The van der Waals surface area contributed by atoms with Gasteiger partial charge in [-0.05, 0) is 76.1 Å². The van der Waals surface area contributed by atoms with Crippen molar-refractivity contribution in [3.05, 3.63) is 48.6 Å². The van der Waals surface area contributed by atoms with Crippen molar-refractivity contribution in [1.82, 2.24) is 0 Å². The first kappa shape index (κ1) is 28.4. The number of phenols is 1. The van der Waals surface area contributed by atoms with E-state index in [4.69, 9.17) is 24.1 Å². The molecule has 0 amide bonds. The van der Waals surface area contributed by atoms with Gasteiger partial charge in [0.1, 0.15) is 29.3 Å². The predicted molar refractivity (Wildman–Crippen MR) is 137 cm³/mol. The van der Waals surface area contributed by atoms with Crippen LogP contribution in [0.1, 0.15) is 66.2 Å². The molecule has 3 saturated heterocycles. The first-order chi connectivity index (χ1) is 17.4. The maximum Gasteiger partial charge on any atom is 0.338 e. The Balaban J connectivity index is 0.000000155. The van der Waals surface area contributed by atoms with Crippen molar-refractivity contribution >= 4 is 17.9 Å². The summed E-state index contributed by atoms with van der Waals surface area (Å²) in [5, 5.41) is 8.94. The van der Waals surface area contributed by atoms with Crippen LogP contribution in [0.5, 0.6) is 11.5 Å². The molecule has 3 heterocycles. The Morgan fingerprint density at radius 1 is 1.03 bits per heavy atom. The highest BCUT2D eigenvalue weighted by molar-refractivity contribution is 5.88. The predicted octanol–water partition coefficient (Wildman–Crippen LogP) is 5.04. The zero-order valence-electron chi connectivity index (χ0n) is 22.2. The topological polar surface area (TPSA) is 108 Å². The standard InChI is InChI=1S/C12H20O2.C10H10O3.C7H8O3/c1-9(2)11(13)14-12(10(3)4)7-5-6-8-12;1-7(2)10(12)13-9-5-3-8(11)4-6-9;8-7-4-1-3-2-5(10-7)6(4)9-3/h10H,1,5-8H2,2-4H3;3-6,11H,1H2,2H3;3-6H,1-2H2. The van der Waals surface area contributed by atoms with Crippen molar-refractivity contribution in [2.24, 2.45) is 11.8 Å². The van der Waals surface area contributed by atoms with Crippen LogP contribution in [0.3, 0.4) is 0 Å². The van der Waals surface area contributed by atoms with Crippen LogP contribution in [0.4, 0.5) is 0 Å². The highest BCUT2D eigenvalue weighted by atomic mass is 16.6. The summed E-state index contributed by atoms with van der Waals surface area (Å²) in [7, 11) is 0. The summed E-state index contributed by atoms with van der Waals surface area (Å²) in [5.74, 6) is 0.277. The second kappa shape index (κ2) is 11.9. The first-order valence-electron chi connectivity index (χ1n) is 12.8. The summed E-state index contributed by atoms with van der Waals surface area (Å²) in [6.45, 7) is 14.6. The smallest absolute Gasteiger partial charge is 0.338 e. The van der Waals surface area contributed by atoms with Gasteiger partial charge in [-0.2, -0.15) is 0 Å². The van der Waals surface area contributed by atoms with E-state index < -0.39 is 5.97 Å². The van der Waals surface area contributed by atoms with Gasteiger partial charge in [0.2, 0.25) is 0 Å². The zero-order valence-corrected chi connectivity index (χ0v) is 22.2. The molecule has 0 spiro atoms. The normalized spacial score (nSPS) is 25.8. The molecule has 4 atom stereocenters. The number of fused-ring (bicyclic) bond motifs is 1. The lowest BCUT2D eigenvalue weighted by Gasteiger charge is -2.33. The summed E-state index contributed by atoms with van der Waals surface area (Å²) < 4.78 is 21.0. The van der Waals surface area contributed by atoms with Crippen LogP contribution in [0.25, 0.3) is 0 Å². The third-order valence-electron chi connectivity index (χ3n) is 7.24. The Hall–Kier alpha value is -3.13. The Bertz CT molecular complexity index is 1020. The number of hydrogen-bond acceptors (Lipinski definition) is 8. The minimum Gasteiger partial charge on any atom is -0.508 e. The summed E-state index contributed by atoms with van der Waals surface area (Å²) >= 11 is 0. The van der Waals surface area contributed by atoms with Gasteiger partial charge in [-0.15, -0.1) is 0 Å². The number of esters is 3. The van der Waals surface area contributed by atoms with Crippen LogP contribution >= 0.6 is 0 Å². The number of phenolic OH excluding ortho intramolecular Hbond substituents is 1. The summed E-state index contributed by atoms with van der Waals surface area (Å²) in [4.78, 5) is 33.5. The summed E-state index contributed by atoms with van der Waals surface area (Å²) in [6, 6.07) is 5.91. The van der Waals surface area contributed by atoms with E-state index in [0.29, 0.717) is 28.9 Å². The largest absolute Gasteiger partial charge is 0.508 e. The number of carbonyl (C=O) groups is 3. The number of aromatic hydroxyl groups is 1. The molecular weight excluding hydrogens is 476 g/mol. The lowest BCUT2D eigenvalue weighted by atomic mass is 9.88. The lowest BCUT2D eigenvalue weighted by molar-refractivity contribution is -0.159. The van der Waals surface area contributed by atoms with Crippen molar-refractivity contribution in [2.75, 3.05) is 0 Å². The maximum absolute atomic E-state index is 11.5. The number of hydrogen-bond donors (Lipinski definition) is 1. The third-order valence-corrected chi connectivity index (χ3v) is 7.24. The molecule has 8 nitrogen and oxygen atoms in total. The number of rotatable bonds is 5. The van der Waals surface area contributed by atoms with Crippen LogP contribution in [-0.2, 0) is 28.6 Å². The molecule has 1 aromatic carbocycles. The molecule has 3 aliphatic heterocycles. The fourth-order valence-corrected chi connectivity index (χ4v) is 5.01. The quantitative estimate of drug-likeness (QED) is 0.331. The van der Waals surface area contributed by atoms with Crippen LogP contribution < -0.4 is 4.74 Å². The van der Waals surface area contributed by atoms with Gasteiger partial charge in [-0.3, -0.25) is 4.79 Å². The second-order valence-electron chi connectivity index (χ2n) is 10.5. The van der Waals surface area contributed by atoms with Crippen molar-refractivity contribution < 1.29 is 38.4 Å². The van der Waals surface area contributed by atoms with Gasteiger partial charge in [0, 0.05) is 17.6 Å². The average Bonchev–Trinajstić information content (AvgIpc) is 3.60. The van der Waals surface area contributed by atoms with Crippen LogP contribution in [-0.4, -0.2) is 46.9 Å². The fraction of sp³-hybridized carbons (Fsp3) is 0.552. The molecule has 2 bridgehead atoms. The van der Waals surface area contributed by atoms with Gasteiger partial charge in [0.25, 0.3) is 0 Å². The van der Waals surface area contributed by atoms with Gasteiger partial charge >= 0.3 is 17.9 Å². The highest BCUT2D eigenvalue weighted by Crippen LogP contribution is 2.45. The minimum atomic E-state index is -0.467. The Morgan fingerprint density at radius 3 is 2.08 bits per heavy atom. The molecule has 0 aromatic heterocycles. The van der Waals surface area contributed by atoms with Crippen LogP contribution in [0, 0.1) is 11.8 Å². The molecule has 4 fully saturated rings. The van der Waals surface area contributed by atoms with Crippen molar-refractivity contribution in [1.29, 1.82) is 0 Å². The first-order valence-corrected chi connectivity index (χ1v) is 12.8. The molecule has 4 unspecified atom stereocenters. The summed E-state index contributed by atoms with van der Waals surface area (Å²) in [5.41, 5.74) is 0.626. The van der Waals surface area contributed by atoms with Crippen molar-refractivity contribution in [2.45, 2.75) is 90.1 Å². The minimum absolute atomic E-state index is 0.0324. The molecule has 5 rings (SSSR count). The van der Waals surface area contributed by atoms with E-state index in [1.54, 1.807) is 13.8 Å². The Morgan fingerprint density at radius 2 is 1.62 bits per heavy atom. The van der Waals surface area contributed by atoms with E-state index >= 15 is 0 Å². The molecular formula is C29H38O8. The Kier molecular flexibility index (Phi) is 9.18. The van der Waals surface area contributed by atoms with Gasteiger partial charge in [-0.1, -0.05) is 27.0 Å². The van der Waals surface area contributed by atoms with Gasteiger partial charge in [0.05, 0.1) is 12.0 Å². The second-order valence-corrected chi connectivity index (χ2v) is 10.5. The number of ether oxygens (including phenoxy) is 4. The molecule has 1 aromatic rings. The fourth-order valence-electron chi connectivity index (χ4n) is 5.01. The van der Waals surface area contributed by atoms with Gasteiger partial charge < -0.3 is 24.1 Å². The highest BCUT2D eigenvalue weighted by Gasteiger charge is 2.58. The molecule has 1 aliphatic carbocycles. The van der Waals surface area contributed by atoms with Crippen molar-refractivity contribution in [3.8, 4) is 11.5 Å². The van der Waals surface area contributed by atoms with Crippen molar-refractivity contribution in [3.63, 3.8) is 0 Å². The Labute approximate surface area is 218 Å². The lowest BCUT2D eigenvalue weighted by Crippen LogP contribution is -2.37. The van der Waals surface area contributed by atoms with E-state index in [2.05, 4.69) is 27.0 Å². The third kappa shape index (κ3) is 7.01. The zero-order chi connectivity index (χ0) is 27.3. The molecule has 0 radical (unpaired) electrons. The van der Waals surface area contributed by atoms with E-state index in [0.717, 1.165) is 25.7 Å². The van der Waals surface area contributed by atoms with E-state index in [9.17, 15) is 14.4 Å². The van der Waals surface area contributed by atoms with E-state index in [1.165, 1.54) is 37.1 Å². The number of carbonyl (C=O) groups excluding carboxylic acids is 3. The van der Waals surface area contributed by atoms with Gasteiger partial charge in [0.15, 0.2) is 0 Å². The number of benzene rings is 1.